The third-order valence-corrected chi connectivity index (χ3v) is 2.87. The number of carboxylic acid groups (broad SMARTS) is 1. The SMILES string of the molecule is CC1CCN(CC(C)(O)C(=O)O)CC1. The molecular formula is C10H19NO3. The molecular weight excluding hydrogens is 182 g/mol. The maximum Gasteiger partial charge on any atom is 0.336 e. The summed E-state index contributed by atoms with van der Waals surface area (Å²) in [6, 6.07) is 0. The molecule has 1 aliphatic heterocycles. The van der Waals surface area contributed by atoms with Crippen LogP contribution in [0.3, 0.4) is 0 Å². The van der Waals surface area contributed by atoms with E-state index in [9.17, 15) is 9.90 Å². The van der Waals surface area contributed by atoms with Crippen molar-refractivity contribution in [3.05, 3.63) is 0 Å². The second-order valence-electron chi connectivity index (χ2n) is 4.54. The minimum atomic E-state index is -1.61. The quantitative estimate of drug-likeness (QED) is 0.700. The van der Waals surface area contributed by atoms with Crippen LogP contribution >= 0.6 is 0 Å². The van der Waals surface area contributed by atoms with Crippen molar-refractivity contribution in [3.63, 3.8) is 0 Å². The van der Waals surface area contributed by atoms with Crippen LogP contribution in [-0.4, -0.2) is 46.3 Å². The van der Waals surface area contributed by atoms with Crippen LogP contribution in [0.2, 0.25) is 0 Å². The smallest absolute Gasteiger partial charge is 0.336 e. The number of hydrogen-bond donors (Lipinski definition) is 2. The molecule has 0 aromatic heterocycles. The summed E-state index contributed by atoms with van der Waals surface area (Å²) in [5, 5.41) is 18.3. The molecule has 0 aromatic rings. The molecule has 4 heteroatoms. The third kappa shape index (κ3) is 2.96. The Morgan fingerprint density at radius 3 is 2.43 bits per heavy atom. The highest BCUT2D eigenvalue weighted by molar-refractivity contribution is 5.76. The summed E-state index contributed by atoms with van der Waals surface area (Å²) in [7, 11) is 0. The van der Waals surface area contributed by atoms with Crippen LogP contribution in [0.15, 0.2) is 0 Å². The van der Waals surface area contributed by atoms with Gasteiger partial charge in [-0.15, -0.1) is 0 Å². The van der Waals surface area contributed by atoms with Gasteiger partial charge in [-0.3, -0.25) is 4.90 Å². The summed E-state index contributed by atoms with van der Waals surface area (Å²) in [5.74, 6) is -0.419. The van der Waals surface area contributed by atoms with Gasteiger partial charge in [0.2, 0.25) is 0 Å². The van der Waals surface area contributed by atoms with E-state index < -0.39 is 11.6 Å². The van der Waals surface area contributed by atoms with Crippen molar-refractivity contribution in [1.29, 1.82) is 0 Å². The lowest BCUT2D eigenvalue weighted by Crippen LogP contribution is -2.48. The molecule has 4 nitrogen and oxygen atoms in total. The molecule has 82 valence electrons. The zero-order valence-electron chi connectivity index (χ0n) is 8.86. The second kappa shape index (κ2) is 4.28. The van der Waals surface area contributed by atoms with E-state index in [0.29, 0.717) is 0 Å². The van der Waals surface area contributed by atoms with Crippen LogP contribution in [0.4, 0.5) is 0 Å². The summed E-state index contributed by atoms with van der Waals surface area (Å²) >= 11 is 0. The van der Waals surface area contributed by atoms with Crippen LogP contribution in [-0.2, 0) is 4.79 Å². The lowest BCUT2D eigenvalue weighted by atomic mass is 9.97. The van der Waals surface area contributed by atoms with E-state index in [1.165, 1.54) is 6.92 Å². The van der Waals surface area contributed by atoms with Gasteiger partial charge in [-0.2, -0.15) is 0 Å². The molecule has 1 rings (SSSR count). The van der Waals surface area contributed by atoms with Gasteiger partial charge >= 0.3 is 5.97 Å². The molecule has 0 spiro atoms. The number of aliphatic carboxylic acids is 1. The van der Waals surface area contributed by atoms with Gasteiger partial charge in [-0.05, 0) is 38.8 Å². The first-order valence-electron chi connectivity index (χ1n) is 5.10. The molecule has 1 saturated heterocycles. The van der Waals surface area contributed by atoms with Crippen molar-refractivity contribution < 1.29 is 15.0 Å². The Balaban J connectivity index is 2.41. The van der Waals surface area contributed by atoms with Gasteiger partial charge in [0.25, 0.3) is 0 Å². The molecule has 1 unspecified atom stereocenters. The van der Waals surface area contributed by atoms with Gasteiger partial charge in [0.1, 0.15) is 0 Å². The molecule has 0 aromatic carbocycles. The first kappa shape index (κ1) is 11.5. The van der Waals surface area contributed by atoms with Crippen molar-refractivity contribution in [1.82, 2.24) is 4.90 Å². The van der Waals surface area contributed by atoms with E-state index >= 15 is 0 Å². The lowest BCUT2D eigenvalue weighted by molar-refractivity contribution is -0.158. The van der Waals surface area contributed by atoms with Gasteiger partial charge in [-0.1, -0.05) is 6.92 Å². The first-order chi connectivity index (χ1) is 6.42. The van der Waals surface area contributed by atoms with Crippen molar-refractivity contribution in [2.45, 2.75) is 32.3 Å². The Morgan fingerprint density at radius 1 is 1.50 bits per heavy atom. The Labute approximate surface area is 84.5 Å². The average molecular weight is 201 g/mol. The van der Waals surface area contributed by atoms with E-state index in [-0.39, 0.29) is 6.54 Å². The van der Waals surface area contributed by atoms with E-state index in [1.807, 2.05) is 4.90 Å². The average Bonchev–Trinajstić information content (AvgIpc) is 2.08. The van der Waals surface area contributed by atoms with Gasteiger partial charge < -0.3 is 10.2 Å². The predicted molar refractivity (Wildman–Crippen MR) is 53.1 cm³/mol. The summed E-state index contributed by atoms with van der Waals surface area (Å²) in [6.45, 7) is 5.57. The van der Waals surface area contributed by atoms with E-state index in [4.69, 9.17) is 5.11 Å². The minimum Gasteiger partial charge on any atom is -0.479 e. The Morgan fingerprint density at radius 2 is 2.00 bits per heavy atom. The Kier molecular flexibility index (Phi) is 3.50. The second-order valence-corrected chi connectivity index (χ2v) is 4.54. The number of β-amino-alcohol motifs (C(OH)–C–C–N with tert-alkyl or cyclic N) is 1. The summed E-state index contributed by atoms with van der Waals surface area (Å²) in [5.41, 5.74) is -1.61. The number of aliphatic hydroxyl groups is 1. The minimum absolute atomic E-state index is 0.231. The monoisotopic (exact) mass is 201 g/mol. The summed E-state index contributed by atoms with van der Waals surface area (Å²) in [4.78, 5) is 12.7. The van der Waals surface area contributed by atoms with E-state index in [0.717, 1.165) is 31.8 Å². The van der Waals surface area contributed by atoms with E-state index in [1.54, 1.807) is 0 Å². The highest BCUT2D eigenvalue weighted by Crippen LogP contribution is 2.18. The molecule has 0 amide bonds. The number of likely N-dealkylation sites (tertiary alicyclic amines) is 1. The number of nitrogens with zero attached hydrogens (tertiary/aromatic N) is 1. The zero-order valence-corrected chi connectivity index (χ0v) is 8.86. The highest BCUT2D eigenvalue weighted by Gasteiger charge is 2.33. The van der Waals surface area contributed by atoms with Gasteiger partial charge in [0.05, 0.1) is 0 Å². The molecule has 1 atom stereocenters. The van der Waals surface area contributed by atoms with Crippen LogP contribution in [0.25, 0.3) is 0 Å². The normalized spacial score (nSPS) is 24.5. The van der Waals surface area contributed by atoms with Gasteiger partial charge in [-0.25, -0.2) is 4.79 Å². The highest BCUT2D eigenvalue weighted by atomic mass is 16.4. The number of carboxylic acids is 1. The fraction of sp³-hybridized carbons (Fsp3) is 0.900. The standard InChI is InChI=1S/C10H19NO3/c1-8-3-5-11(6-4-8)7-10(2,14)9(12)13/h8,14H,3-7H2,1-2H3,(H,12,13). The zero-order chi connectivity index (χ0) is 10.8. The van der Waals surface area contributed by atoms with E-state index in [2.05, 4.69) is 6.92 Å². The van der Waals surface area contributed by atoms with Crippen molar-refractivity contribution in [2.24, 2.45) is 5.92 Å². The molecule has 0 aliphatic carbocycles. The molecule has 0 saturated carbocycles. The molecule has 2 N–H and O–H groups in total. The molecule has 1 aliphatic rings. The predicted octanol–water partition coefficient (Wildman–Crippen LogP) is 0.554. The molecule has 1 heterocycles. The fourth-order valence-corrected chi connectivity index (χ4v) is 1.72. The Hall–Kier alpha value is -0.610. The first-order valence-corrected chi connectivity index (χ1v) is 5.10. The lowest BCUT2D eigenvalue weighted by Gasteiger charge is -2.33. The number of rotatable bonds is 3. The topological polar surface area (TPSA) is 60.8 Å². The van der Waals surface area contributed by atoms with Gasteiger partial charge in [0.15, 0.2) is 5.60 Å². The summed E-state index contributed by atoms with van der Waals surface area (Å²) < 4.78 is 0. The van der Waals surface area contributed by atoms with Crippen LogP contribution in [0.1, 0.15) is 26.7 Å². The van der Waals surface area contributed by atoms with Crippen molar-refractivity contribution >= 4 is 5.97 Å². The number of piperidine rings is 1. The fourth-order valence-electron chi connectivity index (χ4n) is 1.72. The third-order valence-electron chi connectivity index (χ3n) is 2.87. The van der Waals surface area contributed by atoms with Crippen LogP contribution in [0.5, 0.6) is 0 Å². The van der Waals surface area contributed by atoms with Gasteiger partial charge in [0, 0.05) is 6.54 Å². The molecule has 0 bridgehead atoms. The largest absolute Gasteiger partial charge is 0.479 e. The maximum absolute atomic E-state index is 10.7. The molecule has 1 fully saturated rings. The van der Waals surface area contributed by atoms with Crippen molar-refractivity contribution in [2.75, 3.05) is 19.6 Å². The van der Waals surface area contributed by atoms with Crippen LogP contribution in [0, 0.1) is 5.92 Å². The number of hydrogen-bond acceptors (Lipinski definition) is 3. The van der Waals surface area contributed by atoms with Crippen molar-refractivity contribution in [3.8, 4) is 0 Å². The maximum atomic E-state index is 10.7. The summed E-state index contributed by atoms with van der Waals surface area (Å²) in [6.07, 6.45) is 2.19. The Bertz CT molecular complexity index is 207. The van der Waals surface area contributed by atoms with Crippen LogP contribution < -0.4 is 0 Å². The number of carbonyl (C=O) groups is 1. The molecule has 0 radical (unpaired) electrons. The molecule has 14 heavy (non-hydrogen) atoms.